The summed E-state index contributed by atoms with van der Waals surface area (Å²) < 4.78 is 33.8. The summed E-state index contributed by atoms with van der Waals surface area (Å²) >= 11 is 0. The Hall–Kier alpha value is -4.08. The second-order valence-corrected chi connectivity index (χ2v) is 6.57. The van der Waals surface area contributed by atoms with Crippen LogP contribution < -0.4 is 17.0 Å². The minimum Gasteiger partial charge on any atom is -0.454 e. The zero-order valence-electron chi connectivity index (χ0n) is 16.3. The van der Waals surface area contributed by atoms with Gasteiger partial charge in [-0.1, -0.05) is 36.4 Å². The molecule has 1 heterocycles. The SMILES string of the molecule is Cn1c(=O)c(C(=O)COC(=O)c2c(F)cccc2F)c(N)n(Cc2ccccc2)c1=O. The predicted molar refractivity (Wildman–Crippen MR) is 107 cm³/mol. The zero-order valence-corrected chi connectivity index (χ0v) is 16.3. The van der Waals surface area contributed by atoms with Gasteiger partial charge >= 0.3 is 11.7 Å². The van der Waals surface area contributed by atoms with Crippen LogP contribution in [0.1, 0.15) is 26.3 Å². The first-order valence-corrected chi connectivity index (χ1v) is 9.00. The van der Waals surface area contributed by atoms with Crippen molar-refractivity contribution in [3.63, 3.8) is 0 Å². The summed E-state index contributed by atoms with van der Waals surface area (Å²) in [4.78, 5) is 49.5. The highest BCUT2D eigenvalue weighted by Crippen LogP contribution is 2.14. The maximum Gasteiger partial charge on any atom is 0.344 e. The molecule has 0 radical (unpaired) electrons. The Morgan fingerprint density at radius 3 is 2.19 bits per heavy atom. The largest absolute Gasteiger partial charge is 0.454 e. The van der Waals surface area contributed by atoms with Gasteiger partial charge in [0.2, 0.25) is 5.78 Å². The van der Waals surface area contributed by atoms with E-state index in [9.17, 15) is 28.0 Å². The molecule has 10 heteroatoms. The molecule has 0 spiro atoms. The number of esters is 1. The summed E-state index contributed by atoms with van der Waals surface area (Å²) in [6.07, 6.45) is 0. The minimum atomic E-state index is -1.42. The molecular formula is C21H17F2N3O5. The number of benzene rings is 2. The van der Waals surface area contributed by atoms with Crippen LogP contribution in [-0.4, -0.2) is 27.5 Å². The highest BCUT2D eigenvalue weighted by Gasteiger charge is 2.24. The molecule has 8 nitrogen and oxygen atoms in total. The van der Waals surface area contributed by atoms with E-state index in [1.54, 1.807) is 30.3 Å². The van der Waals surface area contributed by atoms with Gasteiger partial charge in [-0.15, -0.1) is 0 Å². The van der Waals surface area contributed by atoms with Crippen molar-refractivity contribution in [1.29, 1.82) is 0 Å². The van der Waals surface area contributed by atoms with Crippen LogP contribution in [0.3, 0.4) is 0 Å². The van der Waals surface area contributed by atoms with Crippen LogP contribution in [0.15, 0.2) is 58.1 Å². The molecule has 0 saturated carbocycles. The molecule has 0 saturated heterocycles. The molecule has 0 aliphatic heterocycles. The van der Waals surface area contributed by atoms with Crippen LogP contribution in [0, 0.1) is 11.6 Å². The van der Waals surface area contributed by atoms with Crippen molar-refractivity contribution in [2.24, 2.45) is 7.05 Å². The molecule has 0 atom stereocenters. The number of anilines is 1. The average Bonchev–Trinajstić information content (AvgIpc) is 2.74. The number of nitrogen functional groups attached to an aromatic ring is 1. The fraction of sp³-hybridized carbons (Fsp3) is 0.143. The van der Waals surface area contributed by atoms with Crippen molar-refractivity contribution in [3.8, 4) is 0 Å². The average molecular weight is 429 g/mol. The van der Waals surface area contributed by atoms with Crippen molar-refractivity contribution in [2.45, 2.75) is 6.54 Å². The van der Waals surface area contributed by atoms with E-state index in [-0.39, 0.29) is 6.54 Å². The first-order chi connectivity index (χ1) is 14.7. The Bertz CT molecular complexity index is 1260. The summed E-state index contributed by atoms with van der Waals surface area (Å²) in [5.74, 6) is -5.18. The van der Waals surface area contributed by atoms with Gasteiger partial charge in [-0.05, 0) is 17.7 Å². The molecule has 0 bridgehead atoms. The standard InChI is InChI=1S/C21H17F2N3O5/c1-25-19(28)17(18(24)26(21(25)30)10-12-6-3-2-4-7-12)15(27)11-31-20(29)16-13(22)8-5-9-14(16)23/h2-9H,10-11,24H2,1H3. The van der Waals surface area contributed by atoms with Gasteiger partial charge in [-0.3, -0.25) is 18.7 Å². The second-order valence-electron chi connectivity index (χ2n) is 6.57. The summed E-state index contributed by atoms with van der Waals surface area (Å²) in [7, 11) is 1.17. The summed E-state index contributed by atoms with van der Waals surface area (Å²) in [6.45, 7) is -1.02. The number of Topliss-reactive ketones (excluding diaryl/α,β-unsaturated/α-hetero) is 1. The van der Waals surface area contributed by atoms with E-state index in [4.69, 9.17) is 5.73 Å². The number of aromatic nitrogens is 2. The molecular weight excluding hydrogens is 412 g/mol. The minimum absolute atomic E-state index is 0.0138. The smallest absolute Gasteiger partial charge is 0.344 e. The van der Waals surface area contributed by atoms with Gasteiger partial charge in [0, 0.05) is 7.05 Å². The molecule has 0 fully saturated rings. The van der Waals surface area contributed by atoms with Crippen LogP contribution in [0.4, 0.5) is 14.6 Å². The predicted octanol–water partition coefficient (Wildman–Crippen LogP) is 1.50. The van der Waals surface area contributed by atoms with Crippen molar-refractivity contribution in [1.82, 2.24) is 9.13 Å². The van der Waals surface area contributed by atoms with E-state index in [1.165, 1.54) is 7.05 Å². The fourth-order valence-electron chi connectivity index (χ4n) is 2.93. The number of carbonyl (C=O) groups excluding carboxylic acids is 2. The number of carbonyl (C=O) groups is 2. The van der Waals surface area contributed by atoms with Gasteiger partial charge in [-0.25, -0.2) is 18.4 Å². The van der Waals surface area contributed by atoms with E-state index in [0.717, 1.165) is 22.8 Å². The molecule has 0 amide bonds. The first kappa shape index (κ1) is 21.6. The monoisotopic (exact) mass is 429 g/mol. The number of nitrogens with zero attached hydrogens (tertiary/aromatic N) is 2. The Kier molecular flexibility index (Phi) is 6.10. The van der Waals surface area contributed by atoms with Crippen LogP contribution in [0.2, 0.25) is 0 Å². The summed E-state index contributed by atoms with van der Waals surface area (Å²) in [5, 5.41) is 0. The molecule has 2 N–H and O–H groups in total. The van der Waals surface area contributed by atoms with Crippen LogP contribution >= 0.6 is 0 Å². The van der Waals surface area contributed by atoms with Crippen LogP contribution in [0.25, 0.3) is 0 Å². The van der Waals surface area contributed by atoms with Crippen LogP contribution in [-0.2, 0) is 18.3 Å². The van der Waals surface area contributed by atoms with Gasteiger partial charge in [0.15, 0.2) is 6.61 Å². The van der Waals surface area contributed by atoms with E-state index in [0.29, 0.717) is 10.1 Å². The molecule has 3 aromatic rings. The van der Waals surface area contributed by atoms with E-state index in [2.05, 4.69) is 4.74 Å². The Morgan fingerprint density at radius 1 is 0.968 bits per heavy atom. The van der Waals surface area contributed by atoms with Gasteiger partial charge in [0.05, 0.1) is 6.54 Å². The molecule has 0 aliphatic rings. The van der Waals surface area contributed by atoms with Crippen molar-refractivity contribution in [2.75, 3.05) is 12.3 Å². The highest BCUT2D eigenvalue weighted by molar-refractivity contribution is 6.02. The third kappa shape index (κ3) is 4.27. The Morgan fingerprint density at radius 2 is 1.58 bits per heavy atom. The van der Waals surface area contributed by atoms with Crippen molar-refractivity contribution in [3.05, 3.63) is 97.7 Å². The lowest BCUT2D eigenvalue weighted by atomic mass is 10.1. The number of halogens is 2. The van der Waals surface area contributed by atoms with Crippen LogP contribution in [0.5, 0.6) is 0 Å². The number of hydrogen-bond donors (Lipinski definition) is 1. The number of rotatable bonds is 6. The van der Waals surface area contributed by atoms with E-state index in [1.807, 2.05) is 0 Å². The molecule has 3 rings (SSSR count). The molecule has 0 aliphatic carbocycles. The molecule has 2 aromatic carbocycles. The zero-order chi connectivity index (χ0) is 22.7. The van der Waals surface area contributed by atoms with Crippen molar-refractivity contribution >= 4 is 17.6 Å². The molecule has 1 aromatic heterocycles. The Labute approximate surface area is 174 Å². The quantitative estimate of drug-likeness (QED) is 0.469. The summed E-state index contributed by atoms with van der Waals surface area (Å²) in [6, 6.07) is 11.5. The topological polar surface area (TPSA) is 113 Å². The number of nitrogens with two attached hydrogens (primary N) is 1. The lowest BCUT2D eigenvalue weighted by Gasteiger charge is -2.15. The number of ketones is 1. The lowest BCUT2D eigenvalue weighted by Crippen LogP contribution is -2.43. The number of ether oxygens (including phenoxy) is 1. The maximum atomic E-state index is 13.7. The third-order valence-electron chi connectivity index (χ3n) is 4.55. The fourth-order valence-corrected chi connectivity index (χ4v) is 2.93. The second kappa shape index (κ2) is 8.74. The van der Waals surface area contributed by atoms with E-state index >= 15 is 0 Å². The lowest BCUT2D eigenvalue weighted by molar-refractivity contribution is 0.0464. The van der Waals surface area contributed by atoms with Crippen molar-refractivity contribution < 1.29 is 23.1 Å². The van der Waals surface area contributed by atoms with Gasteiger partial charge in [0.1, 0.15) is 28.6 Å². The maximum absolute atomic E-state index is 13.7. The normalized spacial score (nSPS) is 10.7. The molecule has 0 unspecified atom stereocenters. The van der Waals surface area contributed by atoms with Gasteiger partial charge in [-0.2, -0.15) is 0 Å². The highest BCUT2D eigenvalue weighted by atomic mass is 19.1. The third-order valence-corrected chi connectivity index (χ3v) is 4.55. The summed E-state index contributed by atoms with van der Waals surface area (Å²) in [5.41, 5.74) is 3.37. The Balaban J connectivity index is 1.91. The van der Waals surface area contributed by atoms with E-state index < -0.39 is 58.2 Å². The number of hydrogen-bond acceptors (Lipinski definition) is 6. The van der Waals surface area contributed by atoms with Gasteiger partial charge < -0.3 is 10.5 Å². The van der Waals surface area contributed by atoms with Gasteiger partial charge in [0.25, 0.3) is 5.56 Å². The molecule has 31 heavy (non-hydrogen) atoms. The molecule has 160 valence electrons. The first-order valence-electron chi connectivity index (χ1n) is 9.00.